The topological polar surface area (TPSA) is 17.1 Å². The number of rotatable bonds is 4. The third-order valence-corrected chi connectivity index (χ3v) is 4.70. The summed E-state index contributed by atoms with van der Waals surface area (Å²) in [6.45, 7) is 2.11. The Morgan fingerprint density at radius 3 is 2.53 bits per heavy atom. The molecule has 1 heterocycles. The quantitative estimate of drug-likeness (QED) is 0.749. The van der Waals surface area contributed by atoms with Crippen molar-refractivity contribution in [1.82, 2.24) is 0 Å². The molecule has 1 nitrogen and oxygen atoms in total. The Kier molecular flexibility index (Phi) is 4.66. The van der Waals surface area contributed by atoms with Crippen LogP contribution in [0.25, 0.3) is 0 Å². The van der Waals surface area contributed by atoms with Gasteiger partial charge in [0.25, 0.3) is 0 Å². The number of hydrogen-bond donors (Lipinski definition) is 0. The van der Waals surface area contributed by atoms with Crippen LogP contribution in [-0.4, -0.2) is 17.8 Å². The zero-order valence-electron chi connectivity index (χ0n) is 10.4. The molecule has 2 rings (SSSR count). The van der Waals surface area contributed by atoms with Crippen molar-refractivity contribution in [3.63, 3.8) is 0 Å². The number of thioether (sulfide) groups is 1. The fraction of sp³-hybridized carbons (Fsp3) is 0.533. The fourth-order valence-electron chi connectivity index (χ4n) is 2.41. The van der Waals surface area contributed by atoms with Gasteiger partial charge in [-0.25, -0.2) is 0 Å². The first-order valence-corrected chi connectivity index (χ1v) is 7.58. The molecular formula is C15H20OS. The maximum atomic E-state index is 10.5. The van der Waals surface area contributed by atoms with E-state index in [0.717, 1.165) is 12.2 Å². The highest BCUT2D eigenvalue weighted by Gasteiger charge is 2.15. The average molecular weight is 248 g/mol. The maximum absolute atomic E-state index is 10.5. The van der Waals surface area contributed by atoms with Gasteiger partial charge in [0.2, 0.25) is 0 Å². The largest absolute Gasteiger partial charge is 0.303 e. The predicted octanol–water partition coefficient (Wildman–Crippen LogP) is 3.99. The summed E-state index contributed by atoms with van der Waals surface area (Å²) in [6, 6.07) is 8.92. The third-order valence-electron chi connectivity index (χ3n) is 3.65. The van der Waals surface area contributed by atoms with E-state index in [4.69, 9.17) is 0 Å². The second-order valence-corrected chi connectivity index (χ2v) is 6.08. The molecule has 0 aliphatic carbocycles. The molecule has 1 saturated heterocycles. The summed E-state index contributed by atoms with van der Waals surface area (Å²) < 4.78 is 0. The van der Waals surface area contributed by atoms with Gasteiger partial charge in [-0.3, -0.25) is 0 Å². The van der Waals surface area contributed by atoms with Gasteiger partial charge >= 0.3 is 0 Å². The molecule has 0 spiro atoms. The van der Waals surface area contributed by atoms with Crippen LogP contribution in [0.5, 0.6) is 0 Å². The Bertz CT molecular complexity index is 352. The summed E-state index contributed by atoms with van der Waals surface area (Å²) in [6.07, 6.45) is 4.26. The minimum absolute atomic E-state index is 0.350. The van der Waals surface area contributed by atoms with Gasteiger partial charge < -0.3 is 4.79 Å². The molecule has 2 heteroatoms. The first-order chi connectivity index (χ1) is 8.31. The average Bonchev–Trinajstić information content (AvgIpc) is 2.40. The van der Waals surface area contributed by atoms with Crippen LogP contribution in [0.4, 0.5) is 0 Å². The van der Waals surface area contributed by atoms with Gasteiger partial charge in [-0.2, -0.15) is 11.8 Å². The van der Waals surface area contributed by atoms with Gasteiger partial charge in [-0.05, 0) is 47.3 Å². The molecule has 1 aromatic rings. The van der Waals surface area contributed by atoms with Crippen LogP contribution in [0.15, 0.2) is 24.3 Å². The first kappa shape index (κ1) is 12.7. The van der Waals surface area contributed by atoms with E-state index in [1.54, 1.807) is 0 Å². The summed E-state index contributed by atoms with van der Waals surface area (Å²) in [5.74, 6) is 3.71. The molecule has 0 radical (unpaired) electrons. The SMILES string of the molecule is CC(CC=O)c1ccc(C2CCSCC2)cc1. The van der Waals surface area contributed by atoms with Gasteiger partial charge in [0, 0.05) is 6.42 Å². The van der Waals surface area contributed by atoms with Gasteiger partial charge in [-0.1, -0.05) is 31.2 Å². The van der Waals surface area contributed by atoms with E-state index in [0.29, 0.717) is 12.3 Å². The lowest BCUT2D eigenvalue weighted by Crippen LogP contribution is -2.07. The number of aldehydes is 1. The van der Waals surface area contributed by atoms with Gasteiger partial charge in [0.05, 0.1) is 0 Å². The van der Waals surface area contributed by atoms with E-state index < -0.39 is 0 Å². The standard InChI is InChI=1S/C15H20OS/c1-12(6-9-16)13-2-4-14(5-3-13)15-7-10-17-11-8-15/h2-5,9,12,15H,6-8,10-11H2,1H3. The fourth-order valence-corrected chi connectivity index (χ4v) is 3.51. The highest BCUT2D eigenvalue weighted by atomic mass is 32.2. The molecule has 92 valence electrons. The molecule has 1 fully saturated rings. The molecule has 17 heavy (non-hydrogen) atoms. The van der Waals surface area contributed by atoms with Gasteiger partial charge in [-0.15, -0.1) is 0 Å². The Hall–Kier alpha value is -0.760. The van der Waals surface area contributed by atoms with Crippen LogP contribution in [0, 0.1) is 0 Å². The molecule has 1 aliphatic heterocycles. The first-order valence-electron chi connectivity index (χ1n) is 6.42. The van der Waals surface area contributed by atoms with Crippen molar-refractivity contribution in [2.45, 2.75) is 38.0 Å². The molecule has 1 unspecified atom stereocenters. The lowest BCUT2D eigenvalue weighted by Gasteiger charge is -2.22. The number of carbonyl (C=O) groups excluding carboxylic acids is 1. The zero-order chi connectivity index (χ0) is 12.1. The van der Waals surface area contributed by atoms with Gasteiger partial charge in [0.15, 0.2) is 0 Å². The van der Waals surface area contributed by atoms with Crippen LogP contribution in [0.1, 0.15) is 49.1 Å². The molecule has 1 atom stereocenters. The molecule has 1 aromatic carbocycles. The van der Waals surface area contributed by atoms with Crippen LogP contribution in [-0.2, 0) is 4.79 Å². The van der Waals surface area contributed by atoms with Crippen LogP contribution >= 0.6 is 11.8 Å². The normalized spacial score (nSPS) is 18.9. The monoisotopic (exact) mass is 248 g/mol. The summed E-state index contributed by atoms with van der Waals surface area (Å²) in [5.41, 5.74) is 2.76. The summed E-state index contributed by atoms with van der Waals surface area (Å²) in [4.78, 5) is 10.5. The Morgan fingerprint density at radius 2 is 1.94 bits per heavy atom. The lowest BCUT2D eigenvalue weighted by molar-refractivity contribution is -0.108. The Balaban J connectivity index is 2.03. The van der Waals surface area contributed by atoms with E-state index in [1.807, 2.05) is 0 Å². The Labute approximate surface area is 108 Å². The second-order valence-electron chi connectivity index (χ2n) is 4.86. The lowest BCUT2D eigenvalue weighted by atomic mass is 9.90. The smallest absolute Gasteiger partial charge is 0.120 e. The second kappa shape index (κ2) is 6.25. The molecule has 0 amide bonds. The minimum Gasteiger partial charge on any atom is -0.303 e. The van der Waals surface area contributed by atoms with Crippen molar-refractivity contribution in [2.75, 3.05) is 11.5 Å². The van der Waals surface area contributed by atoms with E-state index >= 15 is 0 Å². The van der Waals surface area contributed by atoms with Gasteiger partial charge in [0.1, 0.15) is 6.29 Å². The van der Waals surface area contributed by atoms with Crippen LogP contribution in [0.3, 0.4) is 0 Å². The van der Waals surface area contributed by atoms with E-state index in [9.17, 15) is 4.79 Å². The summed E-state index contributed by atoms with van der Waals surface area (Å²) in [5, 5.41) is 0. The van der Waals surface area contributed by atoms with E-state index in [2.05, 4.69) is 43.0 Å². The van der Waals surface area contributed by atoms with Crippen molar-refractivity contribution in [1.29, 1.82) is 0 Å². The van der Waals surface area contributed by atoms with Crippen molar-refractivity contribution in [2.24, 2.45) is 0 Å². The van der Waals surface area contributed by atoms with E-state index in [1.165, 1.54) is 35.5 Å². The highest BCUT2D eigenvalue weighted by Crippen LogP contribution is 2.32. The molecule has 0 saturated carbocycles. The maximum Gasteiger partial charge on any atom is 0.120 e. The zero-order valence-corrected chi connectivity index (χ0v) is 11.2. The molecule has 1 aliphatic rings. The third kappa shape index (κ3) is 3.35. The highest BCUT2D eigenvalue weighted by molar-refractivity contribution is 7.99. The van der Waals surface area contributed by atoms with Crippen molar-refractivity contribution in [3.8, 4) is 0 Å². The number of carbonyl (C=O) groups is 1. The predicted molar refractivity (Wildman–Crippen MR) is 74.8 cm³/mol. The van der Waals surface area contributed by atoms with Crippen molar-refractivity contribution >= 4 is 18.0 Å². The molecule has 0 bridgehead atoms. The molecule has 0 aromatic heterocycles. The number of hydrogen-bond acceptors (Lipinski definition) is 2. The summed E-state index contributed by atoms with van der Waals surface area (Å²) >= 11 is 2.07. The summed E-state index contributed by atoms with van der Waals surface area (Å²) in [7, 11) is 0. The number of benzene rings is 1. The van der Waals surface area contributed by atoms with Crippen molar-refractivity contribution in [3.05, 3.63) is 35.4 Å². The molecular weight excluding hydrogens is 228 g/mol. The Morgan fingerprint density at radius 1 is 1.29 bits per heavy atom. The van der Waals surface area contributed by atoms with Crippen molar-refractivity contribution < 1.29 is 4.79 Å². The van der Waals surface area contributed by atoms with Crippen LogP contribution < -0.4 is 0 Å². The van der Waals surface area contributed by atoms with Crippen LogP contribution in [0.2, 0.25) is 0 Å². The molecule has 0 N–H and O–H groups in total. The minimum atomic E-state index is 0.350. The van der Waals surface area contributed by atoms with E-state index in [-0.39, 0.29) is 0 Å².